The molecule has 0 aliphatic heterocycles. The summed E-state index contributed by atoms with van der Waals surface area (Å²) in [7, 11) is 0. The Bertz CT molecular complexity index is 313. The first-order valence-corrected chi connectivity index (χ1v) is 6.69. The van der Waals surface area contributed by atoms with Crippen LogP contribution in [0.3, 0.4) is 0 Å². The van der Waals surface area contributed by atoms with Gasteiger partial charge in [0.1, 0.15) is 5.60 Å². The smallest absolute Gasteiger partial charge is 0.410 e. The van der Waals surface area contributed by atoms with E-state index in [0.717, 1.165) is 12.8 Å². The second-order valence-corrected chi connectivity index (χ2v) is 6.50. The molecule has 4 nitrogen and oxygen atoms in total. The Balaban J connectivity index is 2.58. The van der Waals surface area contributed by atoms with Crippen molar-refractivity contribution in [3.05, 3.63) is 0 Å². The van der Waals surface area contributed by atoms with Crippen LogP contribution in [0.25, 0.3) is 0 Å². The summed E-state index contributed by atoms with van der Waals surface area (Å²) in [6, 6.07) is 0. The van der Waals surface area contributed by atoms with Crippen molar-refractivity contribution in [1.82, 2.24) is 4.90 Å². The maximum absolute atomic E-state index is 12.0. The predicted molar refractivity (Wildman–Crippen MR) is 70.4 cm³/mol. The Kier molecular flexibility index (Phi) is 4.77. The third-order valence-electron chi connectivity index (χ3n) is 2.62. The molecule has 0 aromatic rings. The normalized spacial score (nSPS) is 15.7. The Morgan fingerprint density at radius 3 is 2.22 bits per heavy atom. The molecule has 0 bridgehead atoms. The van der Waals surface area contributed by atoms with Crippen molar-refractivity contribution >= 4 is 11.9 Å². The zero-order valence-corrected chi connectivity index (χ0v) is 12.2. The van der Waals surface area contributed by atoms with E-state index in [-0.39, 0.29) is 24.3 Å². The highest BCUT2D eigenvalue weighted by molar-refractivity contribution is 5.87. The summed E-state index contributed by atoms with van der Waals surface area (Å²) in [5.74, 6) is 0.674. The lowest BCUT2D eigenvalue weighted by Gasteiger charge is -2.28. The molecule has 1 aliphatic rings. The summed E-state index contributed by atoms with van der Waals surface area (Å²) in [6.07, 6.45) is 1.57. The SMILES string of the molecule is CC(C)CN(CC(=O)C1CC1)C(=O)OC(C)(C)C. The van der Waals surface area contributed by atoms with E-state index < -0.39 is 5.60 Å². The molecule has 104 valence electrons. The highest BCUT2D eigenvalue weighted by Crippen LogP contribution is 2.30. The molecular formula is C14H25NO3. The van der Waals surface area contributed by atoms with Crippen molar-refractivity contribution in [2.24, 2.45) is 11.8 Å². The number of hydrogen-bond donors (Lipinski definition) is 0. The van der Waals surface area contributed by atoms with Crippen molar-refractivity contribution in [1.29, 1.82) is 0 Å². The molecule has 0 heterocycles. The Hall–Kier alpha value is -1.06. The summed E-state index contributed by atoms with van der Waals surface area (Å²) < 4.78 is 5.34. The molecule has 1 amide bonds. The van der Waals surface area contributed by atoms with E-state index in [1.165, 1.54) is 4.90 Å². The number of carbonyl (C=O) groups is 2. The van der Waals surface area contributed by atoms with E-state index >= 15 is 0 Å². The van der Waals surface area contributed by atoms with Crippen molar-refractivity contribution < 1.29 is 14.3 Å². The lowest BCUT2D eigenvalue weighted by molar-refractivity contribution is -0.121. The molecule has 0 unspecified atom stereocenters. The maximum atomic E-state index is 12.0. The van der Waals surface area contributed by atoms with Gasteiger partial charge >= 0.3 is 6.09 Å². The molecule has 0 spiro atoms. The zero-order chi connectivity index (χ0) is 13.9. The minimum Gasteiger partial charge on any atom is -0.444 e. The van der Waals surface area contributed by atoms with Gasteiger partial charge in [-0.25, -0.2) is 4.79 Å². The molecular weight excluding hydrogens is 230 g/mol. The van der Waals surface area contributed by atoms with Gasteiger partial charge in [-0.3, -0.25) is 4.79 Å². The monoisotopic (exact) mass is 255 g/mol. The quantitative estimate of drug-likeness (QED) is 0.759. The van der Waals surface area contributed by atoms with Crippen LogP contribution in [0.5, 0.6) is 0 Å². The van der Waals surface area contributed by atoms with Crippen LogP contribution in [-0.2, 0) is 9.53 Å². The average molecular weight is 255 g/mol. The lowest BCUT2D eigenvalue weighted by atomic mass is 10.2. The van der Waals surface area contributed by atoms with Crippen molar-refractivity contribution in [3.8, 4) is 0 Å². The van der Waals surface area contributed by atoms with Crippen LogP contribution in [0.1, 0.15) is 47.5 Å². The van der Waals surface area contributed by atoms with Crippen LogP contribution >= 0.6 is 0 Å². The van der Waals surface area contributed by atoms with Gasteiger partial charge in [-0.05, 0) is 39.5 Å². The Morgan fingerprint density at radius 2 is 1.83 bits per heavy atom. The first-order chi connectivity index (χ1) is 8.19. The molecule has 0 aromatic carbocycles. The topological polar surface area (TPSA) is 46.6 Å². The fourth-order valence-electron chi connectivity index (χ4n) is 1.69. The zero-order valence-electron chi connectivity index (χ0n) is 12.2. The van der Waals surface area contributed by atoms with Gasteiger partial charge in [-0.15, -0.1) is 0 Å². The summed E-state index contributed by atoms with van der Waals surface area (Å²) >= 11 is 0. The summed E-state index contributed by atoms with van der Waals surface area (Å²) in [5.41, 5.74) is -0.519. The van der Waals surface area contributed by atoms with Gasteiger partial charge in [0.25, 0.3) is 0 Å². The standard InChI is InChI=1S/C14H25NO3/c1-10(2)8-15(9-12(16)11-6-7-11)13(17)18-14(3,4)5/h10-11H,6-9H2,1-5H3. The number of ketones is 1. The number of amides is 1. The molecule has 0 aromatic heterocycles. The van der Waals surface area contributed by atoms with E-state index in [9.17, 15) is 9.59 Å². The molecule has 0 radical (unpaired) electrons. The van der Waals surface area contributed by atoms with Gasteiger partial charge in [-0.2, -0.15) is 0 Å². The van der Waals surface area contributed by atoms with Gasteiger partial charge < -0.3 is 9.64 Å². The summed E-state index contributed by atoms with van der Waals surface area (Å²) in [5, 5.41) is 0. The summed E-state index contributed by atoms with van der Waals surface area (Å²) in [6.45, 7) is 10.3. The van der Waals surface area contributed by atoms with Crippen LogP contribution in [0.4, 0.5) is 4.79 Å². The van der Waals surface area contributed by atoms with Gasteiger partial charge in [0.05, 0.1) is 6.54 Å². The molecule has 1 saturated carbocycles. The fourth-order valence-corrected chi connectivity index (χ4v) is 1.69. The largest absolute Gasteiger partial charge is 0.444 e. The number of ether oxygens (including phenoxy) is 1. The minimum absolute atomic E-state index is 0.168. The van der Waals surface area contributed by atoms with E-state index in [1.54, 1.807) is 0 Å². The first kappa shape index (κ1) is 15.0. The Labute approximate surface area is 110 Å². The number of Topliss-reactive ketones (excluding diaryl/α,β-unsaturated/α-hetero) is 1. The van der Waals surface area contributed by atoms with Gasteiger partial charge in [0, 0.05) is 12.5 Å². The fraction of sp³-hybridized carbons (Fsp3) is 0.857. The molecule has 0 saturated heterocycles. The van der Waals surface area contributed by atoms with Crippen LogP contribution < -0.4 is 0 Å². The first-order valence-electron chi connectivity index (χ1n) is 6.69. The molecule has 0 atom stereocenters. The van der Waals surface area contributed by atoms with E-state index in [4.69, 9.17) is 4.74 Å². The van der Waals surface area contributed by atoms with Crippen molar-refractivity contribution in [3.63, 3.8) is 0 Å². The van der Waals surface area contributed by atoms with Crippen LogP contribution in [0.15, 0.2) is 0 Å². The van der Waals surface area contributed by atoms with Gasteiger partial charge in [0.2, 0.25) is 0 Å². The number of nitrogens with zero attached hydrogens (tertiary/aromatic N) is 1. The highest BCUT2D eigenvalue weighted by Gasteiger charge is 2.32. The lowest BCUT2D eigenvalue weighted by Crippen LogP contribution is -2.42. The third-order valence-corrected chi connectivity index (χ3v) is 2.62. The van der Waals surface area contributed by atoms with Gasteiger partial charge in [0.15, 0.2) is 5.78 Å². The Morgan fingerprint density at radius 1 is 1.28 bits per heavy atom. The van der Waals surface area contributed by atoms with Crippen LogP contribution in [-0.4, -0.2) is 35.5 Å². The average Bonchev–Trinajstić information content (AvgIpc) is 2.95. The maximum Gasteiger partial charge on any atom is 0.410 e. The second kappa shape index (κ2) is 5.72. The number of rotatable bonds is 5. The molecule has 0 N–H and O–H groups in total. The van der Waals surface area contributed by atoms with E-state index in [2.05, 4.69) is 0 Å². The minimum atomic E-state index is -0.519. The van der Waals surface area contributed by atoms with E-state index in [0.29, 0.717) is 12.5 Å². The van der Waals surface area contributed by atoms with Crippen molar-refractivity contribution in [2.75, 3.05) is 13.1 Å². The van der Waals surface area contributed by atoms with Gasteiger partial charge in [-0.1, -0.05) is 13.8 Å². The predicted octanol–water partition coefficient (Wildman–Crippen LogP) is 2.86. The summed E-state index contributed by atoms with van der Waals surface area (Å²) in [4.78, 5) is 25.4. The third kappa shape index (κ3) is 5.52. The highest BCUT2D eigenvalue weighted by atomic mass is 16.6. The molecule has 4 heteroatoms. The number of hydrogen-bond acceptors (Lipinski definition) is 3. The van der Waals surface area contributed by atoms with E-state index in [1.807, 2.05) is 34.6 Å². The molecule has 1 aliphatic carbocycles. The molecule has 1 rings (SSSR count). The van der Waals surface area contributed by atoms with Crippen molar-refractivity contribution in [2.45, 2.75) is 53.1 Å². The van der Waals surface area contributed by atoms with Crippen LogP contribution in [0, 0.1) is 11.8 Å². The molecule has 18 heavy (non-hydrogen) atoms. The van der Waals surface area contributed by atoms with Crippen LogP contribution in [0.2, 0.25) is 0 Å². The molecule has 1 fully saturated rings. The second-order valence-electron chi connectivity index (χ2n) is 6.50. The number of carbonyl (C=O) groups excluding carboxylic acids is 2.